The number of aromatic nitrogens is 2. The van der Waals surface area contributed by atoms with Crippen molar-refractivity contribution in [3.8, 4) is 0 Å². The van der Waals surface area contributed by atoms with Gasteiger partial charge in [0.1, 0.15) is 0 Å². The largest absolute Gasteiger partial charge is 0.352 e. The van der Waals surface area contributed by atoms with Crippen molar-refractivity contribution in [1.82, 2.24) is 20.4 Å². The Morgan fingerprint density at radius 3 is 2.67 bits per heavy atom. The van der Waals surface area contributed by atoms with Gasteiger partial charge in [0.25, 0.3) is 0 Å². The van der Waals surface area contributed by atoms with Crippen LogP contribution in [0.3, 0.4) is 0 Å². The van der Waals surface area contributed by atoms with Crippen LogP contribution in [0.15, 0.2) is 35.6 Å². The van der Waals surface area contributed by atoms with Gasteiger partial charge in [0.05, 0.1) is 6.20 Å². The molecular formula is C14H17Cl2N5. The zero-order chi connectivity index (χ0) is 15.2. The fourth-order valence-corrected chi connectivity index (χ4v) is 2.29. The molecule has 1 aromatic carbocycles. The summed E-state index contributed by atoms with van der Waals surface area (Å²) in [5, 5.41) is 11.8. The lowest BCUT2D eigenvalue weighted by molar-refractivity contribution is 0.765. The van der Waals surface area contributed by atoms with Crippen molar-refractivity contribution in [2.75, 3.05) is 7.05 Å². The third kappa shape index (κ3) is 4.65. The first kappa shape index (κ1) is 15.7. The molecule has 0 aliphatic carbocycles. The van der Waals surface area contributed by atoms with E-state index in [1.807, 2.05) is 31.6 Å². The second-order valence-electron chi connectivity index (χ2n) is 4.54. The number of nitrogens with one attached hydrogen (secondary N) is 2. The first-order valence-corrected chi connectivity index (χ1v) is 7.20. The summed E-state index contributed by atoms with van der Waals surface area (Å²) >= 11 is 12.0. The molecule has 5 nitrogen and oxygen atoms in total. The smallest absolute Gasteiger partial charge is 0.191 e. The fourth-order valence-electron chi connectivity index (χ4n) is 1.81. The van der Waals surface area contributed by atoms with Gasteiger partial charge in [-0.25, -0.2) is 0 Å². The fraction of sp³-hybridized carbons (Fsp3) is 0.286. The minimum Gasteiger partial charge on any atom is -0.352 e. The third-order valence-electron chi connectivity index (χ3n) is 2.90. The van der Waals surface area contributed by atoms with Gasteiger partial charge in [-0.1, -0.05) is 29.3 Å². The summed E-state index contributed by atoms with van der Waals surface area (Å²) in [4.78, 5) is 4.17. The molecule has 1 heterocycles. The van der Waals surface area contributed by atoms with Gasteiger partial charge in [0.15, 0.2) is 5.96 Å². The predicted octanol–water partition coefficient (Wildman–Crippen LogP) is 2.59. The van der Waals surface area contributed by atoms with Gasteiger partial charge < -0.3 is 10.6 Å². The lowest BCUT2D eigenvalue weighted by Gasteiger charge is -2.12. The van der Waals surface area contributed by atoms with Gasteiger partial charge in [-0.15, -0.1) is 0 Å². The monoisotopic (exact) mass is 325 g/mol. The Bertz CT molecular complexity index is 636. The van der Waals surface area contributed by atoms with Gasteiger partial charge in [-0.05, 0) is 17.7 Å². The van der Waals surface area contributed by atoms with Crippen LogP contribution >= 0.6 is 23.2 Å². The van der Waals surface area contributed by atoms with E-state index in [2.05, 4.69) is 20.7 Å². The minimum absolute atomic E-state index is 0.572. The zero-order valence-corrected chi connectivity index (χ0v) is 13.4. The summed E-state index contributed by atoms with van der Waals surface area (Å²) in [5.74, 6) is 0.699. The molecular weight excluding hydrogens is 309 g/mol. The number of hydrogen-bond donors (Lipinski definition) is 2. The van der Waals surface area contributed by atoms with Crippen molar-refractivity contribution in [3.63, 3.8) is 0 Å². The van der Waals surface area contributed by atoms with Crippen LogP contribution in [-0.4, -0.2) is 22.8 Å². The third-order valence-corrected chi connectivity index (χ3v) is 3.49. The molecule has 0 bridgehead atoms. The molecule has 0 saturated heterocycles. The zero-order valence-electron chi connectivity index (χ0n) is 11.9. The summed E-state index contributed by atoms with van der Waals surface area (Å²) in [6.45, 7) is 1.23. The van der Waals surface area contributed by atoms with Gasteiger partial charge in [0.2, 0.25) is 0 Å². The molecule has 0 aliphatic heterocycles. The molecule has 2 rings (SSSR count). The Labute approximate surface area is 134 Å². The van der Waals surface area contributed by atoms with E-state index in [1.165, 1.54) is 0 Å². The molecule has 0 saturated carbocycles. The lowest BCUT2D eigenvalue weighted by Crippen LogP contribution is -2.36. The lowest BCUT2D eigenvalue weighted by atomic mass is 10.2. The van der Waals surface area contributed by atoms with Crippen molar-refractivity contribution in [1.29, 1.82) is 0 Å². The Hall–Kier alpha value is -1.72. The van der Waals surface area contributed by atoms with Gasteiger partial charge in [-0.2, -0.15) is 5.10 Å². The SMILES string of the molecule is CN=C(NCc1cnn(C)c1)NCc1ccc(Cl)cc1Cl. The van der Waals surface area contributed by atoms with Crippen molar-refractivity contribution < 1.29 is 0 Å². The summed E-state index contributed by atoms with van der Waals surface area (Å²) in [5.41, 5.74) is 2.05. The van der Waals surface area contributed by atoms with Gasteiger partial charge in [-0.3, -0.25) is 9.67 Å². The molecule has 1 aromatic heterocycles. The van der Waals surface area contributed by atoms with Crippen LogP contribution in [0.4, 0.5) is 0 Å². The molecule has 0 atom stereocenters. The number of nitrogens with zero attached hydrogens (tertiary/aromatic N) is 3. The first-order valence-electron chi connectivity index (χ1n) is 6.44. The minimum atomic E-state index is 0.572. The highest BCUT2D eigenvalue weighted by atomic mass is 35.5. The molecule has 2 aromatic rings. The molecule has 0 aliphatic rings. The summed E-state index contributed by atoms with van der Waals surface area (Å²) < 4.78 is 1.76. The molecule has 112 valence electrons. The van der Waals surface area contributed by atoms with Crippen LogP contribution in [0.2, 0.25) is 10.0 Å². The Morgan fingerprint density at radius 2 is 2.05 bits per heavy atom. The maximum atomic E-state index is 6.14. The average molecular weight is 326 g/mol. The van der Waals surface area contributed by atoms with Gasteiger partial charge >= 0.3 is 0 Å². The van der Waals surface area contributed by atoms with E-state index < -0.39 is 0 Å². The Kier molecular flexibility index (Phi) is 5.47. The molecule has 0 unspecified atom stereocenters. The average Bonchev–Trinajstić information content (AvgIpc) is 2.86. The van der Waals surface area contributed by atoms with Crippen LogP contribution in [0.25, 0.3) is 0 Å². The van der Waals surface area contributed by atoms with Crippen molar-refractivity contribution in [2.24, 2.45) is 12.0 Å². The van der Waals surface area contributed by atoms with Crippen LogP contribution in [0.5, 0.6) is 0 Å². The van der Waals surface area contributed by atoms with E-state index in [0.717, 1.165) is 11.1 Å². The number of rotatable bonds is 4. The second-order valence-corrected chi connectivity index (χ2v) is 5.38. The normalized spacial score (nSPS) is 11.5. The van der Waals surface area contributed by atoms with Gasteiger partial charge in [0, 0.05) is 49.0 Å². The molecule has 7 heteroatoms. The molecule has 21 heavy (non-hydrogen) atoms. The summed E-state index contributed by atoms with van der Waals surface area (Å²) in [6, 6.07) is 5.44. The standard InChI is InChI=1S/C14H17Cl2N5/c1-17-14(18-6-10-7-20-21(2)9-10)19-8-11-3-4-12(15)5-13(11)16/h3-5,7,9H,6,8H2,1-2H3,(H2,17,18,19). The van der Waals surface area contributed by atoms with E-state index in [0.29, 0.717) is 29.1 Å². The molecule has 0 amide bonds. The number of guanidine groups is 1. The quantitative estimate of drug-likeness (QED) is 0.671. The Balaban J connectivity index is 1.88. The second kappa shape index (κ2) is 7.33. The van der Waals surface area contributed by atoms with Crippen molar-refractivity contribution in [3.05, 3.63) is 51.8 Å². The number of hydrogen-bond acceptors (Lipinski definition) is 2. The van der Waals surface area contributed by atoms with Crippen molar-refractivity contribution >= 4 is 29.2 Å². The highest BCUT2D eigenvalue weighted by Gasteiger charge is 2.04. The highest BCUT2D eigenvalue weighted by molar-refractivity contribution is 6.35. The van der Waals surface area contributed by atoms with Crippen LogP contribution in [0, 0.1) is 0 Å². The molecule has 0 fully saturated rings. The maximum Gasteiger partial charge on any atom is 0.191 e. The van der Waals surface area contributed by atoms with Crippen LogP contribution in [0.1, 0.15) is 11.1 Å². The highest BCUT2D eigenvalue weighted by Crippen LogP contribution is 2.20. The number of halogens is 2. The molecule has 0 radical (unpaired) electrons. The number of benzene rings is 1. The van der Waals surface area contributed by atoms with E-state index in [1.54, 1.807) is 17.8 Å². The molecule has 0 spiro atoms. The van der Waals surface area contributed by atoms with E-state index in [-0.39, 0.29) is 0 Å². The first-order chi connectivity index (χ1) is 10.1. The topological polar surface area (TPSA) is 54.2 Å². The van der Waals surface area contributed by atoms with E-state index in [9.17, 15) is 0 Å². The maximum absolute atomic E-state index is 6.14. The number of aliphatic imine (C=N–C) groups is 1. The van der Waals surface area contributed by atoms with E-state index >= 15 is 0 Å². The summed E-state index contributed by atoms with van der Waals surface area (Å²) in [6.07, 6.45) is 3.77. The van der Waals surface area contributed by atoms with Crippen LogP contribution < -0.4 is 10.6 Å². The van der Waals surface area contributed by atoms with E-state index in [4.69, 9.17) is 23.2 Å². The summed E-state index contributed by atoms with van der Waals surface area (Å²) in [7, 11) is 3.61. The number of aryl methyl sites for hydroxylation is 1. The van der Waals surface area contributed by atoms with Crippen molar-refractivity contribution in [2.45, 2.75) is 13.1 Å². The molecule has 2 N–H and O–H groups in total. The van der Waals surface area contributed by atoms with Crippen LogP contribution in [-0.2, 0) is 20.1 Å². The predicted molar refractivity (Wildman–Crippen MR) is 86.7 cm³/mol. The Morgan fingerprint density at radius 1 is 1.29 bits per heavy atom.